The van der Waals surface area contributed by atoms with Gasteiger partial charge in [-0.3, -0.25) is 9.48 Å². The molecule has 0 radical (unpaired) electrons. The zero-order valence-electron chi connectivity index (χ0n) is 18.7. The summed E-state index contributed by atoms with van der Waals surface area (Å²) in [5.74, 6) is 3.10. The first-order chi connectivity index (χ1) is 14.1. The maximum Gasteiger partial charge on any atom is 0.410 e. The topological polar surface area (TPSA) is 76.5 Å². The molecule has 0 unspecified atom stereocenters. The van der Waals surface area contributed by atoms with Gasteiger partial charge in [0.1, 0.15) is 11.4 Å². The summed E-state index contributed by atoms with van der Waals surface area (Å²) < 4.78 is 7.34. The minimum Gasteiger partial charge on any atom is -0.444 e. The van der Waals surface area contributed by atoms with E-state index in [0.717, 1.165) is 54.1 Å². The lowest BCUT2D eigenvalue weighted by Crippen LogP contribution is -2.52. The highest BCUT2D eigenvalue weighted by molar-refractivity contribution is 5.95. The molecule has 7 heteroatoms. The van der Waals surface area contributed by atoms with E-state index in [9.17, 15) is 9.59 Å². The van der Waals surface area contributed by atoms with Crippen molar-refractivity contribution in [1.29, 1.82) is 0 Å². The van der Waals surface area contributed by atoms with Crippen LogP contribution >= 0.6 is 0 Å². The summed E-state index contributed by atoms with van der Waals surface area (Å²) in [6.45, 7) is 6.64. The average molecular weight is 415 g/mol. The molecule has 2 amide bonds. The molecule has 0 saturated heterocycles. The number of nitrogens with zero attached hydrogens (tertiary/aromatic N) is 3. The standard InChI is InChI=1S/C23H34N4O3/c1-22(2,3)30-21(29)27-6-5-18-17(13-27)19(26(4)25-18)24-20(28)23-10-14-7-15(11-23)9-16(8-14)12-23/h14-16H,5-13H2,1-4H3,(H,24,28). The second-order valence-electron chi connectivity index (χ2n) is 11.2. The monoisotopic (exact) mass is 414 g/mol. The van der Waals surface area contributed by atoms with Gasteiger partial charge in [-0.1, -0.05) is 0 Å². The molecule has 1 aromatic heterocycles. The van der Waals surface area contributed by atoms with Gasteiger partial charge in [0.25, 0.3) is 0 Å². The summed E-state index contributed by atoms with van der Waals surface area (Å²) in [5.41, 5.74) is 1.19. The summed E-state index contributed by atoms with van der Waals surface area (Å²) in [6.07, 6.45) is 7.43. The predicted molar refractivity (Wildman–Crippen MR) is 113 cm³/mol. The van der Waals surface area contributed by atoms with Gasteiger partial charge >= 0.3 is 6.09 Å². The van der Waals surface area contributed by atoms with E-state index in [-0.39, 0.29) is 17.4 Å². The minimum atomic E-state index is -0.526. The first-order valence-electron chi connectivity index (χ1n) is 11.5. The highest BCUT2D eigenvalue weighted by Gasteiger charge is 2.54. The molecule has 1 aromatic rings. The number of hydrogen-bond acceptors (Lipinski definition) is 4. The fourth-order valence-electron chi connectivity index (χ4n) is 6.77. The number of anilines is 1. The number of ether oxygens (including phenoxy) is 1. The molecule has 0 aromatic carbocycles. The van der Waals surface area contributed by atoms with Gasteiger partial charge < -0.3 is 15.0 Å². The third-order valence-corrected chi connectivity index (χ3v) is 7.60. The molecule has 5 aliphatic rings. The molecule has 0 atom stereocenters. The molecule has 0 spiro atoms. The Morgan fingerprint density at radius 1 is 1.10 bits per heavy atom. The normalized spacial score (nSPS) is 32.1. The molecule has 1 aliphatic heterocycles. The van der Waals surface area contributed by atoms with Crippen molar-refractivity contribution < 1.29 is 14.3 Å². The number of amides is 2. The Bertz CT molecular complexity index is 846. The minimum absolute atomic E-state index is 0.168. The summed E-state index contributed by atoms with van der Waals surface area (Å²) in [5, 5.41) is 7.91. The van der Waals surface area contributed by atoms with Crippen molar-refractivity contribution in [1.82, 2.24) is 14.7 Å². The van der Waals surface area contributed by atoms with E-state index in [0.29, 0.717) is 19.5 Å². The molecular weight excluding hydrogens is 380 g/mol. The van der Waals surface area contributed by atoms with Crippen molar-refractivity contribution in [3.63, 3.8) is 0 Å². The molecule has 7 nitrogen and oxygen atoms in total. The Hall–Kier alpha value is -2.05. The third-order valence-electron chi connectivity index (χ3n) is 7.60. The highest BCUT2D eigenvalue weighted by Crippen LogP contribution is 2.60. The molecule has 4 fully saturated rings. The van der Waals surface area contributed by atoms with Gasteiger partial charge in [-0.05, 0) is 77.0 Å². The zero-order valence-corrected chi connectivity index (χ0v) is 18.7. The van der Waals surface area contributed by atoms with E-state index in [1.54, 1.807) is 9.58 Å². The highest BCUT2D eigenvalue weighted by atomic mass is 16.6. The van der Waals surface area contributed by atoms with Crippen molar-refractivity contribution in [3.05, 3.63) is 11.3 Å². The summed E-state index contributed by atoms with van der Waals surface area (Å²) >= 11 is 0. The molecule has 2 heterocycles. The lowest BCUT2D eigenvalue weighted by molar-refractivity contribution is -0.140. The molecular formula is C23H34N4O3. The number of aromatic nitrogens is 2. The molecule has 164 valence electrons. The third kappa shape index (κ3) is 3.40. The largest absolute Gasteiger partial charge is 0.444 e. The quantitative estimate of drug-likeness (QED) is 0.797. The van der Waals surface area contributed by atoms with Gasteiger partial charge in [0, 0.05) is 25.6 Å². The van der Waals surface area contributed by atoms with Crippen LogP contribution in [-0.4, -0.2) is 38.8 Å². The number of aryl methyl sites for hydroxylation is 1. The Labute approximate surface area is 178 Å². The van der Waals surface area contributed by atoms with Crippen LogP contribution in [0.3, 0.4) is 0 Å². The van der Waals surface area contributed by atoms with E-state index in [4.69, 9.17) is 4.74 Å². The van der Waals surface area contributed by atoms with Crippen LogP contribution in [0.1, 0.15) is 70.6 Å². The molecule has 4 bridgehead atoms. The van der Waals surface area contributed by atoms with Crippen LogP contribution in [0.5, 0.6) is 0 Å². The summed E-state index contributed by atoms with van der Waals surface area (Å²) in [6, 6.07) is 0. The number of fused-ring (bicyclic) bond motifs is 1. The Balaban J connectivity index is 1.35. The van der Waals surface area contributed by atoms with Crippen molar-refractivity contribution in [2.45, 2.75) is 77.9 Å². The lowest BCUT2D eigenvalue weighted by atomic mass is 9.49. The van der Waals surface area contributed by atoms with Gasteiger partial charge in [0.2, 0.25) is 5.91 Å². The molecule has 30 heavy (non-hydrogen) atoms. The van der Waals surface area contributed by atoms with Gasteiger partial charge in [-0.15, -0.1) is 0 Å². The molecule has 4 aliphatic carbocycles. The number of rotatable bonds is 2. The molecule has 1 N–H and O–H groups in total. The second-order valence-corrected chi connectivity index (χ2v) is 11.2. The first-order valence-corrected chi connectivity index (χ1v) is 11.5. The zero-order chi connectivity index (χ0) is 21.3. The van der Waals surface area contributed by atoms with E-state index in [1.165, 1.54) is 19.3 Å². The number of nitrogens with one attached hydrogen (secondary N) is 1. The van der Waals surface area contributed by atoms with Gasteiger partial charge in [0.05, 0.1) is 17.7 Å². The van der Waals surface area contributed by atoms with E-state index in [2.05, 4.69) is 10.4 Å². The summed E-state index contributed by atoms with van der Waals surface area (Å²) in [4.78, 5) is 27.8. The van der Waals surface area contributed by atoms with Crippen molar-refractivity contribution in [2.75, 3.05) is 11.9 Å². The summed E-state index contributed by atoms with van der Waals surface area (Å²) in [7, 11) is 1.88. The second kappa shape index (κ2) is 6.72. The Morgan fingerprint density at radius 2 is 1.70 bits per heavy atom. The fourth-order valence-corrected chi connectivity index (χ4v) is 6.77. The van der Waals surface area contributed by atoms with E-state index >= 15 is 0 Å². The fraction of sp³-hybridized carbons (Fsp3) is 0.783. The number of carbonyl (C=O) groups is 2. The van der Waals surface area contributed by atoms with Crippen molar-refractivity contribution in [2.24, 2.45) is 30.2 Å². The van der Waals surface area contributed by atoms with Crippen LogP contribution in [0.15, 0.2) is 0 Å². The Kier molecular flexibility index (Phi) is 4.46. The maximum absolute atomic E-state index is 13.5. The van der Waals surface area contributed by atoms with Gasteiger partial charge in [-0.2, -0.15) is 5.10 Å². The van der Waals surface area contributed by atoms with Crippen LogP contribution in [-0.2, 0) is 29.5 Å². The van der Waals surface area contributed by atoms with Crippen LogP contribution in [0, 0.1) is 23.2 Å². The van der Waals surface area contributed by atoms with Gasteiger partial charge in [0.15, 0.2) is 0 Å². The van der Waals surface area contributed by atoms with Crippen LogP contribution < -0.4 is 5.32 Å². The smallest absolute Gasteiger partial charge is 0.410 e. The van der Waals surface area contributed by atoms with Crippen LogP contribution in [0.25, 0.3) is 0 Å². The number of carbonyl (C=O) groups excluding carboxylic acids is 2. The van der Waals surface area contributed by atoms with E-state index < -0.39 is 5.60 Å². The number of hydrogen-bond donors (Lipinski definition) is 1. The van der Waals surface area contributed by atoms with E-state index in [1.807, 2.05) is 27.8 Å². The van der Waals surface area contributed by atoms with Crippen molar-refractivity contribution >= 4 is 17.8 Å². The average Bonchev–Trinajstić information content (AvgIpc) is 2.94. The molecule has 6 rings (SSSR count). The van der Waals surface area contributed by atoms with Gasteiger partial charge in [-0.25, -0.2) is 4.79 Å². The maximum atomic E-state index is 13.5. The van der Waals surface area contributed by atoms with Crippen molar-refractivity contribution in [3.8, 4) is 0 Å². The van der Waals surface area contributed by atoms with Crippen LogP contribution in [0.2, 0.25) is 0 Å². The SMILES string of the molecule is Cn1nc2c(c1NC(=O)C13CC4CC(CC(C4)C1)C3)CN(C(=O)OC(C)(C)C)CC2. The Morgan fingerprint density at radius 3 is 2.27 bits per heavy atom. The molecule has 4 saturated carbocycles. The first kappa shape index (κ1) is 19.9. The van der Waals surface area contributed by atoms with Crippen LogP contribution in [0.4, 0.5) is 10.6 Å². The predicted octanol–water partition coefficient (Wildman–Crippen LogP) is 3.87. The lowest BCUT2D eigenvalue weighted by Gasteiger charge is -2.55.